The minimum atomic E-state index is -0.627. The summed E-state index contributed by atoms with van der Waals surface area (Å²) in [5.41, 5.74) is 0.972. The largest absolute Gasteiger partial charge is 0.481 e. The third-order valence-corrected chi connectivity index (χ3v) is 4.20. The highest BCUT2D eigenvalue weighted by Gasteiger charge is 2.13. The quantitative estimate of drug-likeness (QED) is 0.322. The fraction of sp³-hybridized carbons (Fsp3) is 0.600. The Balaban J connectivity index is 0.000000503. The van der Waals surface area contributed by atoms with Crippen molar-refractivity contribution in [2.75, 3.05) is 7.05 Å². The van der Waals surface area contributed by atoms with E-state index in [9.17, 15) is 14.5 Å². The smallest absolute Gasteiger partial charge is 0.340 e. The molecule has 1 unspecified atom stereocenters. The van der Waals surface area contributed by atoms with Gasteiger partial charge in [0.2, 0.25) is 0 Å². The van der Waals surface area contributed by atoms with E-state index in [1.165, 1.54) is 32.7 Å². The molecule has 0 heterocycles. The molecule has 1 aromatic rings. The molecule has 0 saturated heterocycles. The lowest BCUT2D eigenvalue weighted by Gasteiger charge is -2.08. The summed E-state index contributed by atoms with van der Waals surface area (Å²) in [5, 5.41) is 14.5. The van der Waals surface area contributed by atoms with Gasteiger partial charge in [0.05, 0.1) is 11.2 Å². The number of benzene rings is 1. The molecule has 0 aliphatic carbocycles. The van der Waals surface area contributed by atoms with Crippen LogP contribution in [0.3, 0.4) is 0 Å². The van der Waals surface area contributed by atoms with E-state index >= 15 is 0 Å². The Morgan fingerprint density at radius 2 is 1.74 bits per heavy atom. The summed E-state index contributed by atoms with van der Waals surface area (Å²) in [6.45, 7) is 4.52. The van der Waals surface area contributed by atoms with Gasteiger partial charge in [-0.2, -0.15) is 5.01 Å². The standard InChI is InChI=1S/C11H22O2.C9H11N3O2/c1-3-5-6-7-8-9-10(4-2)11(12)13;1-12(11-14)9(13)10-7-8-5-3-2-4-6-8/h10H,3-9H2,1-2H3,(H,12,13);2-6H,7H2,1H3,(H,10,13). The van der Waals surface area contributed by atoms with Gasteiger partial charge in [0, 0.05) is 13.6 Å². The molecule has 0 saturated carbocycles. The zero-order valence-electron chi connectivity index (χ0n) is 16.7. The second-order valence-electron chi connectivity index (χ2n) is 6.40. The van der Waals surface area contributed by atoms with Gasteiger partial charge < -0.3 is 10.4 Å². The summed E-state index contributed by atoms with van der Waals surface area (Å²) in [6, 6.07) is 8.91. The molecular formula is C20H33N3O4. The number of hydrogen-bond donors (Lipinski definition) is 2. The molecule has 152 valence electrons. The van der Waals surface area contributed by atoms with Crippen molar-refractivity contribution >= 4 is 12.0 Å². The zero-order chi connectivity index (χ0) is 20.5. The predicted molar refractivity (Wildman–Crippen MR) is 107 cm³/mol. The van der Waals surface area contributed by atoms with Crippen molar-refractivity contribution in [3.8, 4) is 0 Å². The van der Waals surface area contributed by atoms with E-state index in [0.29, 0.717) is 11.6 Å². The van der Waals surface area contributed by atoms with Crippen LogP contribution in [0.25, 0.3) is 0 Å². The topological polar surface area (TPSA) is 99.1 Å². The summed E-state index contributed by atoms with van der Waals surface area (Å²) in [5.74, 6) is -0.736. The zero-order valence-corrected chi connectivity index (χ0v) is 16.7. The maximum Gasteiger partial charge on any atom is 0.340 e. The summed E-state index contributed by atoms with van der Waals surface area (Å²) >= 11 is 0. The number of carboxylic acids is 1. The number of rotatable bonds is 11. The normalized spacial score (nSPS) is 10.9. The third kappa shape index (κ3) is 12.5. The number of nitroso groups, excluding NO2 is 1. The van der Waals surface area contributed by atoms with Gasteiger partial charge in [-0.05, 0) is 18.4 Å². The molecule has 7 nitrogen and oxygen atoms in total. The Morgan fingerprint density at radius 3 is 2.26 bits per heavy atom. The lowest BCUT2D eigenvalue weighted by atomic mass is 9.98. The number of unbranched alkanes of at least 4 members (excludes halogenated alkanes) is 4. The third-order valence-electron chi connectivity index (χ3n) is 4.20. The molecule has 0 aromatic heterocycles. The first kappa shape index (κ1) is 24.6. The van der Waals surface area contributed by atoms with E-state index in [1.807, 2.05) is 37.3 Å². The highest BCUT2D eigenvalue weighted by Crippen LogP contribution is 2.14. The number of urea groups is 1. The molecule has 0 aliphatic heterocycles. The van der Waals surface area contributed by atoms with Gasteiger partial charge in [-0.15, -0.1) is 4.91 Å². The van der Waals surface area contributed by atoms with Crippen LogP contribution in [0.5, 0.6) is 0 Å². The number of hydrogen-bond acceptors (Lipinski definition) is 4. The number of carbonyl (C=O) groups is 2. The lowest BCUT2D eigenvalue weighted by Crippen LogP contribution is -2.33. The summed E-state index contributed by atoms with van der Waals surface area (Å²) in [7, 11) is 1.30. The minimum Gasteiger partial charge on any atom is -0.481 e. The van der Waals surface area contributed by atoms with Gasteiger partial charge in [0.1, 0.15) is 0 Å². The van der Waals surface area contributed by atoms with E-state index < -0.39 is 12.0 Å². The van der Waals surface area contributed by atoms with Crippen LogP contribution in [-0.2, 0) is 11.3 Å². The fourth-order valence-electron chi connectivity index (χ4n) is 2.42. The molecule has 2 N–H and O–H groups in total. The van der Waals surface area contributed by atoms with Crippen LogP contribution in [0, 0.1) is 10.8 Å². The van der Waals surface area contributed by atoms with Crippen LogP contribution in [0.2, 0.25) is 0 Å². The summed E-state index contributed by atoms with van der Waals surface area (Å²) in [6.07, 6.45) is 7.67. The fourth-order valence-corrected chi connectivity index (χ4v) is 2.42. The molecule has 0 radical (unpaired) electrons. The minimum absolute atomic E-state index is 0.110. The van der Waals surface area contributed by atoms with Crippen molar-refractivity contribution in [2.24, 2.45) is 11.2 Å². The first-order valence-corrected chi connectivity index (χ1v) is 9.57. The molecule has 0 bridgehead atoms. The van der Waals surface area contributed by atoms with E-state index in [-0.39, 0.29) is 5.92 Å². The van der Waals surface area contributed by atoms with Crippen LogP contribution in [0.1, 0.15) is 64.4 Å². The van der Waals surface area contributed by atoms with E-state index in [2.05, 4.69) is 17.5 Å². The molecule has 0 spiro atoms. The maximum absolute atomic E-state index is 11.1. The molecule has 2 amide bonds. The average molecular weight is 380 g/mol. The summed E-state index contributed by atoms with van der Waals surface area (Å²) < 4.78 is 0. The van der Waals surface area contributed by atoms with E-state index in [4.69, 9.17) is 5.11 Å². The van der Waals surface area contributed by atoms with Crippen molar-refractivity contribution in [3.05, 3.63) is 40.8 Å². The highest BCUT2D eigenvalue weighted by molar-refractivity contribution is 5.73. The highest BCUT2D eigenvalue weighted by atomic mass is 16.4. The Morgan fingerprint density at radius 1 is 1.11 bits per heavy atom. The van der Waals surface area contributed by atoms with Gasteiger partial charge in [-0.25, -0.2) is 4.79 Å². The predicted octanol–water partition coefficient (Wildman–Crippen LogP) is 4.97. The first-order chi connectivity index (χ1) is 13.0. The van der Waals surface area contributed by atoms with Crippen LogP contribution in [-0.4, -0.2) is 29.2 Å². The van der Waals surface area contributed by atoms with Gasteiger partial charge in [-0.1, -0.05) is 76.3 Å². The molecular weight excluding hydrogens is 346 g/mol. The van der Waals surface area contributed by atoms with Crippen LogP contribution >= 0.6 is 0 Å². The molecule has 0 fully saturated rings. The molecule has 1 atom stereocenters. The van der Waals surface area contributed by atoms with Crippen molar-refractivity contribution in [1.82, 2.24) is 10.3 Å². The first-order valence-electron chi connectivity index (χ1n) is 9.57. The number of amides is 2. The Labute approximate surface area is 162 Å². The molecule has 0 aliphatic rings. The number of carboxylic acid groups (broad SMARTS) is 1. The number of aliphatic carboxylic acids is 1. The number of carbonyl (C=O) groups excluding carboxylic acids is 1. The summed E-state index contributed by atoms with van der Waals surface area (Å²) in [4.78, 5) is 31.7. The van der Waals surface area contributed by atoms with Crippen molar-refractivity contribution in [1.29, 1.82) is 0 Å². The Hall–Kier alpha value is -2.44. The molecule has 1 rings (SSSR count). The molecule has 1 aromatic carbocycles. The van der Waals surface area contributed by atoms with Crippen LogP contribution < -0.4 is 5.32 Å². The lowest BCUT2D eigenvalue weighted by molar-refractivity contribution is -0.142. The maximum atomic E-state index is 11.1. The van der Waals surface area contributed by atoms with Gasteiger partial charge in [-0.3, -0.25) is 4.79 Å². The van der Waals surface area contributed by atoms with E-state index in [0.717, 1.165) is 24.8 Å². The van der Waals surface area contributed by atoms with Crippen molar-refractivity contribution < 1.29 is 14.7 Å². The second-order valence-corrected chi connectivity index (χ2v) is 6.40. The second kappa shape index (κ2) is 15.8. The average Bonchev–Trinajstić information content (AvgIpc) is 2.69. The van der Waals surface area contributed by atoms with Crippen LogP contribution in [0.4, 0.5) is 4.79 Å². The molecule has 7 heteroatoms. The van der Waals surface area contributed by atoms with Gasteiger partial charge >= 0.3 is 12.0 Å². The van der Waals surface area contributed by atoms with Gasteiger partial charge in [0.25, 0.3) is 0 Å². The van der Waals surface area contributed by atoms with Gasteiger partial charge in [0.15, 0.2) is 0 Å². The molecule has 27 heavy (non-hydrogen) atoms. The Kier molecular flexibility index (Phi) is 14.4. The Bertz CT molecular complexity index is 537. The van der Waals surface area contributed by atoms with Crippen LogP contribution in [0.15, 0.2) is 35.6 Å². The van der Waals surface area contributed by atoms with E-state index in [1.54, 1.807) is 0 Å². The monoisotopic (exact) mass is 379 g/mol. The SMILES string of the molecule is CCCCCCCC(CC)C(=O)O.CN(N=O)C(=O)NCc1ccccc1. The number of nitrogens with one attached hydrogen (secondary N) is 1. The van der Waals surface area contributed by atoms with Crippen molar-refractivity contribution in [3.63, 3.8) is 0 Å². The van der Waals surface area contributed by atoms with Crippen molar-refractivity contribution in [2.45, 2.75) is 65.3 Å². The number of nitrogens with zero attached hydrogens (tertiary/aromatic N) is 2.